The predicted octanol–water partition coefficient (Wildman–Crippen LogP) is 2.11. The Morgan fingerprint density at radius 2 is 1.95 bits per heavy atom. The average Bonchev–Trinajstić information content (AvgIpc) is 2.27. The first kappa shape index (κ1) is 16.0. The molecule has 0 unspecified atom stereocenters. The molecule has 0 aromatic heterocycles. The molecule has 1 amide bonds. The fraction of sp³-hybridized carbons (Fsp3) is 0.533. The normalized spacial score (nSPS) is 15.3. The van der Waals surface area contributed by atoms with Crippen molar-refractivity contribution in [3.63, 3.8) is 0 Å². The second-order valence-electron chi connectivity index (χ2n) is 5.76. The van der Waals surface area contributed by atoms with Gasteiger partial charge in [-0.05, 0) is 11.0 Å². The molecule has 1 heterocycles. The van der Waals surface area contributed by atoms with Crippen LogP contribution >= 0.6 is 12.4 Å². The summed E-state index contributed by atoms with van der Waals surface area (Å²) in [6, 6.07) is 10.2. The largest absolute Gasteiger partial charge is 0.356 e. The molecule has 4 heteroatoms. The quantitative estimate of drug-likeness (QED) is 0.868. The van der Waals surface area contributed by atoms with Gasteiger partial charge >= 0.3 is 0 Å². The number of hydrogen-bond donors (Lipinski definition) is 2. The number of carbonyl (C=O) groups excluding carboxylic acids is 1. The molecule has 0 atom stereocenters. The van der Waals surface area contributed by atoms with Gasteiger partial charge in [-0.25, -0.2) is 0 Å². The highest BCUT2D eigenvalue weighted by molar-refractivity contribution is 5.85. The molecule has 0 aliphatic carbocycles. The van der Waals surface area contributed by atoms with Crippen molar-refractivity contribution in [2.75, 3.05) is 19.6 Å². The summed E-state index contributed by atoms with van der Waals surface area (Å²) in [5.74, 6) is 0.768. The summed E-state index contributed by atoms with van der Waals surface area (Å²) in [5.41, 5.74) is 1.11. The van der Waals surface area contributed by atoms with Gasteiger partial charge in [-0.1, -0.05) is 44.2 Å². The van der Waals surface area contributed by atoms with Gasteiger partial charge in [0.25, 0.3) is 0 Å². The summed E-state index contributed by atoms with van der Waals surface area (Å²) in [4.78, 5) is 11.9. The highest BCUT2D eigenvalue weighted by Gasteiger charge is 2.25. The third-order valence-electron chi connectivity index (χ3n) is 3.61. The van der Waals surface area contributed by atoms with Crippen molar-refractivity contribution in [3.8, 4) is 0 Å². The van der Waals surface area contributed by atoms with E-state index in [1.807, 2.05) is 18.2 Å². The molecule has 1 saturated heterocycles. The summed E-state index contributed by atoms with van der Waals surface area (Å²) in [7, 11) is 0. The third kappa shape index (κ3) is 4.51. The van der Waals surface area contributed by atoms with Crippen LogP contribution in [0.5, 0.6) is 0 Å². The Labute approximate surface area is 121 Å². The molecule has 1 aromatic carbocycles. The van der Waals surface area contributed by atoms with E-state index >= 15 is 0 Å². The van der Waals surface area contributed by atoms with Crippen LogP contribution in [0, 0.1) is 5.92 Å². The first-order valence-electron chi connectivity index (χ1n) is 6.61. The highest BCUT2D eigenvalue weighted by Crippen LogP contribution is 2.26. The Bertz CT molecular complexity index is 402. The zero-order chi connectivity index (χ0) is 13.0. The van der Waals surface area contributed by atoms with Crippen molar-refractivity contribution in [3.05, 3.63) is 35.9 Å². The minimum atomic E-state index is -0.108. The van der Waals surface area contributed by atoms with Crippen molar-refractivity contribution >= 4 is 18.3 Å². The number of rotatable bonds is 5. The summed E-state index contributed by atoms with van der Waals surface area (Å²) >= 11 is 0. The number of amides is 1. The lowest BCUT2D eigenvalue weighted by Crippen LogP contribution is -2.48. The van der Waals surface area contributed by atoms with Gasteiger partial charge in [0.1, 0.15) is 0 Å². The Balaban J connectivity index is 0.00000180. The lowest BCUT2D eigenvalue weighted by molar-refractivity contribution is -0.122. The molecule has 1 aliphatic heterocycles. The molecule has 2 N–H and O–H groups in total. The van der Waals surface area contributed by atoms with Crippen molar-refractivity contribution < 1.29 is 4.79 Å². The number of benzene rings is 1. The number of carbonyl (C=O) groups is 1. The molecular weight excluding hydrogens is 260 g/mol. The maximum atomic E-state index is 11.9. The smallest absolute Gasteiger partial charge is 0.220 e. The lowest BCUT2D eigenvalue weighted by Gasteiger charge is -2.29. The van der Waals surface area contributed by atoms with Crippen LogP contribution in [0.3, 0.4) is 0 Å². The molecule has 0 radical (unpaired) electrons. The average molecular weight is 283 g/mol. The SMILES string of the molecule is CC(C)(CC(=O)NCC1CNC1)c1ccccc1.Cl. The second-order valence-corrected chi connectivity index (χ2v) is 5.76. The van der Waals surface area contributed by atoms with Gasteiger partial charge in [-0.2, -0.15) is 0 Å². The predicted molar refractivity (Wildman–Crippen MR) is 80.7 cm³/mol. The summed E-state index contributed by atoms with van der Waals surface area (Å²) in [6.45, 7) is 7.10. The van der Waals surface area contributed by atoms with Gasteiger partial charge in [0.05, 0.1) is 0 Å². The zero-order valence-electron chi connectivity index (χ0n) is 11.6. The maximum absolute atomic E-state index is 11.9. The molecule has 19 heavy (non-hydrogen) atoms. The van der Waals surface area contributed by atoms with Crippen LogP contribution < -0.4 is 10.6 Å². The van der Waals surface area contributed by atoms with E-state index in [0.29, 0.717) is 12.3 Å². The fourth-order valence-corrected chi connectivity index (χ4v) is 2.21. The molecule has 2 rings (SSSR count). The van der Waals surface area contributed by atoms with Crippen molar-refractivity contribution in [2.24, 2.45) is 5.92 Å². The first-order chi connectivity index (χ1) is 8.58. The Morgan fingerprint density at radius 3 is 2.47 bits per heavy atom. The van der Waals surface area contributed by atoms with Gasteiger partial charge in [0.2, 0.25) is 5.91 Å². The van der Waals surface area contributed by atoms with Gasteiger partial charge in [0, 0.05) is 32.0 Å². The Kier molecular flexibility index (Phi) is 5.83. The van der Waals surface area contributed by atoms with Crippen LogP contribution in [0.1, 0.15) is 25.8 Å². The Morgan fingerprint density at radius 1 is 1.32 bits per heavy atom. The van der Waals surface area contributed by atoms with Crippen LogP contribution in [-0.2, 0) is 10.2 Å². The molecule has 0 saturated carbocycles. The molecule has 1 aliphatic rings. The molecule has 3 nitrogen and oxygen atoms in total. The van der Waals surface area contributed by atoms with Gasteiger partial charge < -0.3 is 10.6 Å². The first-order valence-corrected chi connectivity index (χ1v) is 6.61. The summed E-state index contributed by atoms with van der Waals surface area (Å²) in [6.07, 6.45) is 0.539. The van der Waals surface area contributed by atoms with E-state index in [1.54, 1.807) is 0 Å². The fourth-order valence-electron chi connectivity index (χ4n) is 2.21. The zero-order valence-corrected chi connectivity index (χ0v) is 12.4. The maximum Gasteiger partial charge on any atom is 0.220 e. The van der Waals surface area contributed by atoms with Gasteiger partial charge in [-0.3, -0.25) is 4.79 Å². The van der Waals surface area contributed by atoms with E-state index in [1.165, 1.54) is 5.56 Å². The summed E-state index contributed by atoms with van der Waals surface area (Å²) < 4.78 is 0. The molecule has 1 fully saturated rings. The lowest BCUT2D eigenvalue weighted by atomic mass is 9.81. The van der Waals surface area contributed by atoms with E-state index in [-0.39, 0.29) is 23.7 Å². The van der Waals surface area contributed by atoms with Gasteiger partial charge in [-0.15, -0.1) is 12.4 Å². The molecule has 106 valence electrons. The molecule has 0 bridgehead atoms. The third-order valence-corrected chi connectivity index (χ3v) is 3.61. The van der Waals surface area contributed by atoms with Crippen LogP contribution in [-0.4, -0.2) is 25.5 Å². The monoisotopic (exact) mass is 282 g/mol. The highest BCUT2D eigenvalue weighted by atomic mass is 35.5. The Hall–Kier alpha value is -1.06. The molecular formula is C15H23ClN2O. The van der Waals surface area contributed by atoms with Crippen LogP contribution in [0.25, 0.3) is 0 Å². The second kappa shape index (κ2) is 6.92. The standard InChI is InChI=1S/C15H22N2O.ClH/c1-15(2,13-6-4-3-5-7-13)8-14(18)17-11-12-9-16-10-12;/h3-7,12,16H,8-11H2,1-2H3,(H,17,18);1H. The minimum Gasteiger partial charge on any atom is -0.356 e. The van der Waals surface area contributed by atoms with E-state index in [9.17, 15) is 4.79 Å². The van der Waals surface area contributed by atoms with E-state index < -0.39 is 0 Å². The number of nitrogens with one attached hydrogen (secondary N) is 2. The number of hydrogen-bond acceptors (Lipinski definition) is 2. The van der Waals surface area contributed by atoms with E-state index in [4.69, 9.17) is 0 Å². The van der Waals surface area contributed by atoms with Crippen LogP contribution in [0.4, 0.5) is 0 Å². The van der Waals surface area contributed by atoms with Crippen molar-refractivity contribution in [2.45, 2.75) is 25.7 Å². The van der Waals surface area contributed by atoms with Crippen molar-refractivity contribution in [1.29, 1.82) is 0 Å². The van der Waals surface area contributed by atoms with E-state index in [0.717, 1.165) is 19.6 Å². The van der Waals surface area contributed by atoms with E-state index in [2.05, 4.69) is 36.6 Å². The minimum absolute atomic E-state index is 0. The summed E-state index contributed by atoms with van der Waals surface area (Å²) in [5, 5.41) is 6.24. The van der Waals surface area contributed by atoms with Gasteiger partial charge in [0.15, 0.2) is 0 Å². The molecule has 1 aromatic rings. The topological polar surface area (TPSA) is 41.1 Å². The van der Waals surface area contributed by atoms with Crippen LogP contribution in [0.15, 0.2) is 30.3 Å². The molecule has 0 spiro atoms. The van der Waals surface area contributed by atoms with Crippen molar-refractivity contribution in [1.82, 2.24) is 10.6 Å². The van der Waals surface area contributed by atoms with Crippen LogP contribution in [0.2, 0.25) is 0 Å². The number of halogens is 1.